The molecule has 0 fully saturated rings. The monoisotopic (exact) mass is 418 g/mol. The van der Waals surface area contributed by atoms with E-state index in [2.05, 4.69) is 40.6 Å². The van der Waals surface area contributed by atoms with E-state index in [9.17, 15) is 9.59 Å². The van der Waals surface area contributed by atoms with Crippen LogP contribution in [0.2, 0.25) is 0 Å². The molecule has 26 heavy (non-hydrogen) atoms. The number of carbonyl (C=O) groups is 2. The summed E-state index contributed by atoms with van der Waals surface area (Å²) >= 11 is 3.38. The van der Waals surface area contributed by atoms with Crippen molar-refractivity contribution >= 4 is 27.7 Å². The number of benzene rings is 2. The normalized spacial score (nSPS) is 11.5. The van der Waals surface area contributed by atoms with Gasteiger partial charge in [0.15, 0.2) is 6.61 Å². The molecule has 138 valence electrons. The van der Waals surface area contributed by atoms with Crippen LogP contribution < -0.4 is 15.6 Å². The number of rotatable bonds is 6. The summed E-state index contributed by atoms with van der Waals surface area (Å²) in [4.78, 5) is 24.0. The minimum Gasteiger partial charge on any atom is -0.483 e. The first kappa shape index (κ1) is 20.0. The molecule has 5 nitrogen and oxygen atoms in total. The number of amides is 2. The maximum absolute atomic E-state index is 12.1. The second-order valence-corrected chi connectivity index (χ2v) is 6.96. The maximum Gasteiger partial charge on any atom is 0.276 e. The van der Waals surface area contributed by atoms with Crippen LogP contribution in [0.25, 0.3) is 0 Å². The van der Waals surface area contributed by atoms with Crippen molar-refractivity contribution in [2.75, 3.05) is 6.61 Å². The van der Waals surface area contributed by atoms with Crippen molar-refractivity contribution in [1.29, 1.82) is 0 Å². The predicted octanol–water partition coefficient (Wildman–Crippen LogP) is 4.11. The SMILES string of the molecule is CC[C@@H](C)c1ccccc1OCC(=O)NNC(=O)c1ccc(C)c(Br)c1. The summed E-state index contributed by atoms with van der Waals surface area (Å²) in [6.07, 6.45) is 0.981. The van der Waals surface area contributed by atoms with Crippen LogP contribution in [-0.2, 0) is 4.79 Å². The highest BCUT2D eigenvalue weighted by atomic mass is 79.9. The zero-order valence-corrected chi connectivity index (χ0v) is 16.7. The van der Waals surface area contributed by atoms with Gasteiger partial charge in [-0.2, -0.15) is 0 Å². The first-order chi connectivity index (χ1) is 12.4. The molecule has 2 amide bonds. The molecule has 0 heterocycles. The molecule has 0 aliphatic rings. The molecule has 0 spiro atoms. The Morgan fingerprint density at radius 2 is 1.88 bits per heavy atom. The Labute approximate surface area is 162 Å². The third-order valence-corrected chi connectivity index (χ3v) is 5.02. The van der Waals surface area contributed by atoms with Gasteiger partial charge in [-0.05, 0) is 48.6 Å². The molecular formula is C20H23BrN2O3. The van der Waals surface area contributed by atoms with E-state index in [0.29, 0.717) is 17.2 Å². The Hall–Kier alpha value is -2.34. The zero-order valence-electron chi connectivity index (χ0n) is 15.1. The van der Waals surface area contributed by atoms with E-state index >= 15 is 0 Å². The van der Waals surface area contributed by atoms with Crippen molar-refractivity contribution in [1.82, 2.24) is 10.9 Å². The van der Waals surface area contributed by atoms with Crippen molar-refractivity contribution in [3.8, 4) is 5.75 Å². The summed E-state index contributed by atoms with van der Waals surface area (Å²) in [6, 6.07) is 12.9. The van der Waals surface area contributed by atoms with Gasteiger partial charge in [0.05, 0.1) is 0 Å². The lowest BCUT2D eigenvalue weighted by molar-refractivity contribution is -0.123. The van der Waals surface area contributed by atoms with Gasteiger partial charge < -0.3 is 4.74 Å². The summed E-state index contributed by atoms with van der Waals surface area (Å²) in [5.41, 5.74) is 7.30. The second kappa shape index (κ2) is 9.38. The van der Waals surface area contributed by atoms with Crippen LogP contribution in [-0.4, -0.2) is 18.4 Å². The van der Waals surface area contributed by atoms with Crippen LogP contribution in [0.3, 0.4) is 0 Å². The second-order valence-electron chi connectivity index (χ2n) is 6.10. The quantitative estimate of drug-likeness (QED) is 0.693. The molecule has 0 bridgehead atoms. The van der Waals surface area contributed by atoms with Crippen molar-refractivity contribution in [3.05, 3.63) is 63.6 Å². The van der Waals surface area contributed by atoms with E-state index in [1.54, 1.807) is 12.1 Å². The number of ether oxygens (including phenoxy) is 1. The number of hydrogen-bond donors (Lipinski definition) is 2. The summed E-state index contributed by atoms with van der Waals surface area (Å²) in [5, 5.41) is 0. The molecule has 0 aliphatic carbocycles. The highest BCUT2D eigenvalue weighted by molar-refractivity contribution is 9.10. The lowest BCUT2D eigenvalue weighted by atomic mass is 9.98. The van der Waals surface area contributed by atoms with Crippen LogP contribution >= 0.6 is 15.9 Å². The van der Waals surface area contributed by atoms with Gasteiger partial charge >= 0.3 is 0 Å². The Morgan fingerprint density at radius 3 is 2.58 bits per heavy atom. The Kier molecular flexibility index (Phi) is 7.21. The summed E-state index contributed by atoms with van der Waals surface area (Å²) in [6.45, 7) is 5.97. The van der Waals surface area contributed by atoms with E-state index in [-0.39, 0.29) is 12.5 Å². The molecule has 0 aliphatic heterocycles. The van der Waals surface area contributed by atoms with Crippen molar-refractivity contribution in [2.45, 2.75) is 33.1 Å². The van der Waals surface area contributed by atoms with E-state index in [1.807, 2.05) is 37.3 Å². The van der Waals surface area contributed by atoms with E-state index < -0.39 is 5.91 Å². The first-order valence-corrected chi connectivity index (χ1v) is 9.28. The van der Waals surface area contributed by atoms with Crippen LogP contribution in [0.4, 0.5) is 0 Å². The largest absolute Gasteiger partial charge is 0.483 e. The third-order valence-electron chi connectivity index (χ3n) is 4.17. The third kappa shape index (κ3) is 5.33. The van der Waals surface area contributed by atoms with Gasteiger partial charge in [0.1, 0.15) is 5.75 Å². The molecule has 2 rings (SSSR count). The minimum atomic E-state index is -0.427. The first-order valence-electron chi connectivity index (χ1n) is 8.49. The molecular weight excluding hydrogens is 396 g/mol. The van der Waals surface area contributed by atoms with E-state index in [0.717, 1.165) is 22.0 Å². The van der Waals surface area contributed by atoms with Gasteiger partial charge in [-0.25, -0.2) is 0 Å². The number of halogens is 1. The fourth-order valence-corrected chi connectivity index (χ4v) is 2.73. The molecule has 2 N–H and O–H groups in total. The van der Waals surface area contributed by atoms with Gasteiger partial charge in [-0.3, -0.25) is 20.4 Å². The maximum atomic E-state index is 12.1. The molecule has 0 saturated heterocycles. The number of hydrazine groups is 1. The van der Waals surface area contributed by atoms with Crippen LogP contribution in [0, 0.1) is 6.92 Å². The van der Waals surface area contributed by atoms with Crippen molar-refractivity contribution in [3.63, 3.8) is 0 Å². The van der Waals surface area contributed by atoms with Gasteiger partial charge in [0, 0.05) is 10.0 Å². The molecule has 0 unspecified atom stereocenters. The number of hydrogen-bond acceptors (Lipinski definition) is 3. The van der Waals surface area contributed by atoms with Crippen molar-refractivity contribution < 1.29 is 14.3 Å². The molecule has 0 saturated carbocycles. The number of aryl methyl sites for hydroxylation is 1. The molecule has 0 aromatic heterocycles. The Balaban J connectivity index is 1.88. The average molecular weight is 419 g/mol. The van der Waals surface area contributed by atoms with Gasteiger partial charge in [0.25, 0.3) is 11.8 Å². The van der Waals surface area contributed by atoms with E-state index in [1.165, 1.54) is 0 Å². The minimum absolute atomic E-state index is 0.175. The lowest BCUT2D eigenvalue weighted by Gasteiger charge is -2.15. The number of nitrogens with one attached hydrogen (secondary N) is 2. The summed E-state index contributed by atoms with van der Waals surface area (Å²) in [5.74, 6) is 0.210. The van der Waals surface area contributed by atoms with Crippen molar-refractivity contribution in [2.24, 2.45) is 0 Å². The standard InChI is InChI=1S/C20H23BrN2O3/c1-4-13(2)16-7-5-6-8-18(16)26-12-19(24)22-23-20(25)15-10-9-14(3)17(21)11-15/h5-11,13H,4,12H2,1-3H3,(H,22,24)(H,23,25)/t13-/m1/s1. The number of carbonyl (C=O) groups excluding carboxylic acids is 2. The van der Waals surface area contributed by atoms with Crippen LogP contribution in [0.15, 0.2) is 46.9 Å². The highest BCUT2D eigenvalue weighted by Gasteiger charge is 2.12. The van der Waals surface area contributed by atoms with Crippen LogP contribution in [0.5, 0.6) is 5.75 Å². The molecule has 6 heteroatoms. The highest BCUT2D eigenvalue weighted by Crippen LogP contribution is 2.28. The zero-order chi connectivity index (χ0) is 19.1. The average Bonchev–Trinajstić information content (AvgIpc) is 2.66. The topological polar surface area (TPSA) is 67.4 Å². The summed E-state index contributed by atoms with van der Waals surface area (Å²) in [7, 11) is 0. The summed E-state index contributed by atoms with van der Waals surface area (Å²) < 4.78 is 6.46. The van der Waals surface area contributed by atoms with E-state index in [4.69, 9.17) is 4.74 Å². The van der Waals surface area contributed by atoms with Crippen LogP contribution in [0.1, 0.15) is 47.7 Å². The fourth-order valence-electron chi connectivity index (χ4n) is 2.35. The number of para-hydroxylation sites is 1. The van der Waals surface area contributed by atoms with Gasteiger partial charge in [-0.1, -0.05) is 54.0 Å². The molecule has 1 atom stereocenters. The predicted molar refractivity (Wildman–Crippen MR) is 105 cm³/mol. The lowest BCUT2D eigenvalue weighted by Crippen LogP contribution is -2.43. The Morgan fingerprint density at radius 1 is 1.15 bits per heavy atom. The molecule has 2 aromatic carbocycles. The van der Waals surface area contributed by atoms with Gasteiger partial charge in [-0.15, -0.1) is 0 Å². The smallest absolute Gasteiger partial charge is 0.276 e. The molecule has 0 radical (unpaired) electrons. The fraction of sp³-hybridized carbons (Fsp3) is 0.300. The molecule has 2 aromatic rings. The Bertz CT molecular complexity index is 792. The van der Waals surface area contributed by atoms with Gasteiger partial charge in [0.2, 0.25) is 0 Å².